The van der Waals surface area contributed by atoms with Gasteiger partial charge in [0.15, 0.2) is 5.82 Å². The summed E-state index contributed by atoms with van der Waals surface area (Å²) in [4.78, 5) is 35.7. The van der Waals surface area contributed by atoms with E-state index in [9.17, 15) is 9.59 Å². The molecule has 0 bridgehead atoms. The van der Waals surface area contributed by atoms with E-state index in [2.05, 4.69) is 25.9 Å². The molecule has 3 N–H and O–H groups in total. The number of benzene rings is 2. The van der Waals surface area contributed by atoms with Crippen LogP contribution in [-0.4, -0.2) is 48.0 Å². The van der Waals surface area contributed by atoms with Gasteiger partial charge in [0.05, 0.1) is 18.2 Å². The number of aromatic nitrogens is 2. The molecule has 0 radical (unpaired) electrons. The smallest absolute Gasteiger partial charge is 0.245 e. The number of nitrogens with zero attached hydrogens (tertiary/aromatic N) is 3. The van der Waals surface area contributed by atoms with Gasteiger partial charge in [0, 0.05) is 35.9 Å². The van der Waals surface area contributed by atoms with Gasteiger partial charge in [-0.15, -0.1) is 0 Å². The molecule has 1 atom stereocenters. The monoisotopic (exact) mass is 478 g/mol. The number of anilines is 3. The summed E-state index contributed by atoms with van der Waals surface area (Å²) in [6.07, 6.45) is 1.42. The van der Waals surface area contributed by atoms with Gasteiger partial charge >= 0.3 is 0 Å². The summed E-state index contributed by atoms with van der Waals surface area (Å²) in [5, 5.41) is 9.82. The molecule has 0 aliphatic carbocycles. The second-order valence-corrected chi connectivity index (χ2v) is 9.00. The number of halogens is 1. The van der Waals surface area contributed by atoms with Crippen LogP contribution in [0, 0.1) is 0 Å². The molecule has 2 amide bonds. The molecular weight excluding hydrogens is 452 g/mol. The maximum atomic E-state index is 13.3. The predicted octanol–water partition coefficient (Wildman–Crippen LogP) is 3.91. The third-order valence-electron chi connectivity index (χ3n) is 5.57. The van der Waals surface area contributed by atoms with Gasteiger partial charge < -0.3 is 20.9 Å². The van der Waals surface area contributed by atoms with E-state index in [-0.39, 0.29) is 24.4 Å². The van der Waals surface area contributed by atoms with Crippen LogP contribution >= 0.6 is 11.6 Å². The number of hydrogen-bond acceptors (Lipinski definition) is 6. The number of carbonyl (C=O) groups is 2. The van der Waals surface area contributed by atoms with Crippen molar-refractivity contribution in [2.24, 2.45) is 0 Å². The van der Waals surface area contributed by atoms with Crippen molar-refractivity contribution in [1.82, 2.24) is 15.3 Å². The largest absolute Gasteiger partial charge is 0.361 e. The Labute approximate surface area is 203 Å². The number of nitrogens with one attached hydrogen (secondary N) is 3. The molecule has 3 aromatic rings. The molecule has 176 valence electrons. The Bertz CT molecular complexity index is 1200. The summed E-state index contributed by atoms with van der Waals surface area (Å²) in [5.41, 5.74) is 3.77. The molecule has 0 saturated carbocycles. The summed E-state index contributed by atoms with van der Waals surface area (Å²) in [6, 6.07) is 15.1. The molecule has 0 saturated heterocycles. The lowest BCUT2D eigenvalue weighted by atomic mass is 9.97. The molecule has 8 nitrogen and oxygen atoms in total. The van der Waals surface area contributed by atoms with E-state index >= 15 is 0 Å². The molecular formula is C25H27ClN6O2. The lowest BCUT2D eigenvalue weighted by molar-refractivity contribution is -0.117. The van der Waals surface area contributed by atoms with Crippen LogP contribution in [-0.2, 0) is 9.59 Å². The molecule has 2 heterocycles. The molecule has 9 heteroatoms. The highest BCUT2D eigenvalue weighted by Crippen LogP contribution is 2.36. The van der Waals surface area contributed by atoms with Crippen LogP contribution in [0.4, 0.5) is 17.2 Å². The number of carbonyl (C=O) groups excluding carboxylic acids is 2. The normalized spacial score (nSPS) is 13.9. The van der Waals surface area contributed by atoms with Gasteiger partial charge in [-0.3, -0.25) is 9.59 Å². The molecule has 34 heavy (non-hydrogen) atoms. The van der Waals surface area contributed by atoms with Gasteiger partial charge in [0.2, 0.25) is 11.8 Å². The van der Waals surface area contributed by atoms with Gasteiger partial charge in [-0.25, -0.2) is 9.97 Å². The van der Waals surface area contributed by atoms with Gasteiger partial charge in [0.25, 0.3) is 0 Å². The van der Waals surface area contributed by atoms with Crippen LogP contribution < -0.4 is 20.9 Å². The first-order chi connectivity index (χ1) is 16.3. The summed E-state index contributed by atoms with van der Waals surface area (Å²) in [7, 11) is 1.83. The van der Waals surface area contributed by atoms with Crippen molar-refractivity contribution in [3.05, 3.63) is 65.4 Å². The Balaban J connectivity index is 1.60. The zero-order valence-corrected chi connectivity index (χ0v) is 20.1. The van der Waals surface area contributed by atoms with Crippen molar-refractivity contribution in [3.63, 3.8) is 0 Å². The summed E-state index contributed by atoms with van der Waals surface area (Å²) < 4.78 is 0. The Hall–Kier alpha value is -3.49. The van der Waals surface area contributed by atoms with E-state index in [1.807, 2.05) is 62.2 Å². The van der Waals surface area contributed by atoms with E-state index in [1.165, 1.54) is 6.33 Å². The average molecular weight is 479 g/mol. The number of likely N-dealkylation sites (N-methyl/N-ethyl adjacent to an activating group) is 1. The van der Waals surface area contributed by atoms with Crippen molar-refractivity contribution in [2.75, 3.05) is 35.7 Å². The Morgan fingerprint density at radius 2 is 1.94 bits per heavy atom. The van der Waals surface area contributed by atoms with Crippen molar-refractivity contribution >= 4 is 40.6 Å². The molecule has 1 aliphatic rings. The first kappa shape index (κ1) is 23.7. The van der Waals surface area contributed by atoms with Gasteiger partial charge in [-0.2, -0.15) is 0 Å². The third-order valence-corrected chi connectivity index (χ3v) is 5.82. The Morgan fingerprint density at radius 1 is 1.18 bits per heavy atom. The van der Waals surface area contributed by atoms with Crippen LogP contribution in [0.25, 0.3) is 11.3 Å². The second-order valence-electron chi connectivity index (χ2n) is 8.56. The molecule has 2 aromatic carbocycles. The summed E-state index contributed by atoms with van der Waals surface area (Å²) >= 11 is 6.04. The van der Waals surface area contributed by atoms with Crippen LogP contribution in [0.2, 0.25) is 5.02 Å². The fourth-order valence-electron chi connectivity index (χ4n) is 3.89. The van der Waals surface area contributed by atoms with E-state index in [0.717, 1.165) is 16.8 Å². The van der Waals surface area contributed by atoms with E-state index in [1.54, 1.807) is 12.1 Å². The fraction of sp³-hybridized carbons (Fsp3) is 0.280. The van der Waals surface area contributed by atoms with Crippen molar-refractivity contribution in [3.8, 4) is 11.3 Å². The van der Waals surface area contributed by atoms with Crippen molar-refractivity contribution < 1.29 is 9.59 Å². The number of hydrogen-bond donors (Lipinski definition) is 3. The molecule has 1 aliphatic heterocycles. The minimum Gasteiger partial charge on any atom is -0.361 e. The fourth-order valence-corrected chi connectivity index (χ4v) is 4.02. The lowest BCUT2D eigenvalue weighted by Gasteiger charge is -2.28. The lowest BCUT2D eigenvalue weighted by Crippen LogP contribution is -2.36. The molecule has 4 rings (SSSR count). The van der Waals surface area contributed by atoms with Gasteiger partial charge in [-0.05, 0) is 29.8 Å². The highest BCUT2D eigenvalue weighted by Gasteiger charge is 2.25. The standard InChI is InChI=1S/C25H27ClN6O2/c1-15(2)27-12-20(16-7-9-18(26)10-8-16)25(34)30-19-6-4-5-17(11-19)22-23-24(29-14-28-22)31-21(33)13-32(23)3/h4-11,14-15,20,27H,12-13H2,1-3H3,(H,30,34)(H,28,29,31,33). The maximum Gasteiger partial charge on any atom is 0.245 e. The van der Waals surface area contributed by atoms with Crippen molar-refractivity contribution in [1.29, 1.82) is 0 Å². The van der Waals surface area contributed by atoms with Crippen LogP contribution in [0.1, 0.15) is 25.3 Å². The quantitative estimate of drug-likeness (QED) is 0.476. The Kier molecular flexibility index (Phi) is 7.09. The summed E-state index contributed by atoms with van der Waals surface area (Å²) in [6.45, 7) is 4.80. The second kappa shape index (κ2) is 10.2. The van der Waals surface area contributed by atoms with Crippen LogP contribution in [0.5, 0.6) is 0 Å². The first-order valence-electron chi connectivity index (χ1n) is 11.1. The van der Waals surface area contributed by atoms with E-state index < -0.39 is 5.92 Å². The average Bonchev–Trinajstić information content (AvgIpc) is 2.79. The number of amides is 2. The molecule has 1 unspecified atom stereocenters. The molecule has 0 fully saturated rings. The molecule has 1 aromatic heterocycles. The SMILES string of the molecule is CC(C)NCC(C(=O)Nc1cccc(-c2ncnc3c2N(C)CC(=O)N3)c1)c1ccc(Cl)cc1. The minimum absolute atomic E-state index is 0.121. The zero-order chi connectivity index (χ0) is 24.2. The van der Waals surface area contributed by atoms with Crippen molar-refractivity contribution in [2.45, 2.75) is 25.8 Å². The van der Waals surface area contributed by atoms with E-state index in [0.29, 0.717) is 28.8 Å². The highest BCUT2D eigenvalue weighted by molar-refractivity contribution is 6.30. The van der Waals surface area contributed by atoms with Gasteiger partial charge in [-0.1, -0.05) is 49.7 Å². The molecule has 0 spiro atoms. The Morgan fingerprint density at radius 3 is 2.68 bits per heavy atom. The van der Waals surface area contributed by atoms with Crippen LogP contribution in [0.15, 0.2) is 54.9 Å². The topological polar surface area (TPSA) is 99.2 Å². The van der Waals surface area contributed by atoms with Gasteiger partial charge in [0.1, 0.15) is 12.0 Å². The maximum absolute atomic E-state index is 13.3. The highest BCUT2D eigenvalue weighted by atomic mass is 35.5. The number of rotatable bonds is 7. The zero-order valence-electron chi connectivity index (χ0n) is 19.3. The van der Waals surface area contributed by atoms with Crippen LogP contribution in [0.3, 0.4) is 0 Å². The third kappa shape index (κ3) is 5.35. The minimum atomic E-state index is -0.392. The first-order valence-corrected chi connectivity index (χ1v) is 11.5. The number of fused-ring (bicyclic) bond motifs is 1. The van der Waals surface area contributed by atoms with E-state index in [4.69, 9.17) is 11.6 Å². The summed E-state index contributed by atoms with van der Waals surface area (Å²) in [5.74, 6) is -0.164. The predicted molar refractivity (Wildman–Crippen MR) is 135 cm³/mol.